The van der Waals surface area contributed by atoms with Gasteiger partial charge in [0, 0.05) is 38.1 Å². The summed E-state index contributed by atoms with van der Waals surface area (Å²) >= 11 is 1.06. The molecule has 1 fully saturated rings. The Labute approximate surface area is 205 Å². The third kappa shape index (κ3) is 5.16. The Morgan fingerprint density at radius 2 is 2.17 bits per heavy atom. The highest BCUT2D eigenvalue weighted by Crippen LogP contribution is 2.37. The van der Waals surface area contributed by atoms with E-state index < -0.39 is 6.09 Å². The van der Waals surface area contributed by atoms with E-state index in [0.29, 0.717) is 41.8 Å². The third-order valence-electron chi connectivity index (χ3n) is 5.77. The largest absolute Gasteiger partial charge is 0.491 e. The zero-order chi connectivity index (χ0) is 24.2. The second kappa shape index (κ2) is 10.5. The highest BCUT2D eigenvalue weighted by molar-refractivity contribution is 7.17. The van der Waals surface area contributed by atoms with E-state index in [9.17, 15) is 4.79 Å². The lowest BCUT2D eigenvalue weighted by Gasteiger charge is -2.26. The number of carbonyl (C=O) groups is 1. The molecule has 0 spiro atoms. The smallest absolute Gasteiger partial charge is 0.443 e. The Kier molecular flexibility index (Phi) is 6.97. The van der Waals surface area contributed by atoms with Gasteiger partial charge in [0.05, 0.1) is 33.1 Å². The molecule has 2 aliphatic heterocycles. The van der Waals surface area contributed by atoms with Crippen molar-refractivity contribution in [1.29, 1.82) is 0 Å². The minimum Gasteiger partial charge on any atom is -0.491 e. The zero-order valence-corrected chi connectivity index (χ0v) is 20.2. The van der Waals surface area contributed by atoms with Crippen LogP contribution < -0.4 is 30.9 Å². The van der Waals surface area contributed by atoms with Gasteiger partial charge in [-0.1, -0.05) is 11.3 Å². The van der Waals surface area contributed by atoms with Crippen molar-refractivity contribution in [2.24, 2.45) is 4.99 Å². The standard InChI is InChI=1S/C22H27N7O5S/c1-31-18-15(33-10-2-6-28-8-11-32-12-9-28)4-3-14-17(18)26-21(29-7-5-24-19(14)29)27-22(30)34-16-13-25-20(23)35-16/h3-4,13,24H,2,5-12H2,1H3,(H2,23,25). The van der Waals surface area contributed by atoms with E-state index in [-0.39, 0.29) is 10.7 Å². The molecule has 5 rings (SSSR count). The fourth-order valence-electron chi connectivity index (χ4n) is 4.15. The number of nitrogen functional groups attached to an aromatic ring is 1. The van der Waals surface area contributed by atoms with Crippen LogP contribution in [0.25, 0.3) is 10.9 Å². The lowest BCUT2D eigenvalue weighted by Crippen LogP contribution is -2.37. The number of hydrogen-bond acceptors (Lipinski definition) is 11. The van der Waals surface area contributed by atoms with Crippen molar-refractivity contribution in [3.63, 3.8) is 0 Å². The van der Waals surface area contributed by atoms with Crippen LogP contribution in [0, 0.1) is 0 Å². The van der Waals surface area contributed by atoms with Crippen molar-refractivity contribution in [3.8, 4) is 16.6 Å². The van der Waals surface area contributed by atoms with E-state index in [0.717, 1.165) is 61.8 Å². The SMILES string of the molecule is COc1c(OCCCN2CCOCC2)ccc2c3n(c(=NC(=O)Oc4cnc(N)s4)nc12)CCN3. The summed E-state index contributed by atoms with van der Waals surface area (Å²) in [6, 6.07) is 3.83. The van der Waals surface area contributed by atoms with Gasteiger partial charge in [-0.05, 0) is 18.6 Å². The Balaban J connectivity index is 1.40. The first kappa shape index (κ1) is 23.3. The van der Waals surface area contributed by atoms with Gasteiger partial charge in [-0.3, -0.25) is 9.47 Å². The number of nitrogens with zero attached hydrogens (tertiary/aromatic N) is 5. The molecule has 0 saturated carbocycles. The molecule has 2 aromatic heterocycles. The first-order valence-corrected chi connectivity index (χ1v) is 12.2. The van der Waals surface area contributed by atoms with E-state index >= 15 is 0 Å². The van der Waals surface area contributed by atoms with Crippen molar-refractivity contribution in [2.45, 2.75) is 13.0 Å². The number of anilines is 2. The molecule has 0 atom stereocenters. The predicted octanol–water partition coefficient (Wildman–Crippen LogP) is 1.71. The number of amides is 1. The molecule has 3 aromatic rings. The van der Waals surface area contributed by atoms with Gasteiger partial charge in [0.1, 0.15) is 11.3 Å². The maximum absolute atomic E-state index is 12.5. The summed E-state index contributed by atoms with van der Waals surface area (Å²) in [7, 11) is 1.57. The van der Waals surface area contributed by atoms with Gasteiger partial charge in [0.15, 0.2) is 16.6 Å². The number of carbonyl (C=O) groups excluding carboxylic acids is 1. The Hall–Kier alpha value is -3.42. The number of thiazole rings is 1. The van der Waals surface area contributed by atoms with Crippen LogP contribution >= 0.6 is 11.3 Å². The second-order valence-corrected chi connectivity index (χ2v) is 9.01. The molecule has 0 aliphatic carbocycles. The quantitative estimate of drug-likeness (QED) is 0.460. The number of fused-ring (bicyclic) bond motifs is 3. The number of methoxy groups -OCH3 is 1. The number of rotatable bonds is 7. The molecule has 1 aromatic carbocycles. The summed E-state index contributed by atoms with van der Waals surface area (Å²) in [5.74, 6) is 1.89. The van der Waals surface area contributed by atoms with E-state index in [1.54, 1.807) is 7.11 Å². The molecule has 0 radical (unpaired) electrons. The molecular formula is C22H27N7O5S. The van der Waals surface area contributed by atoms with Crippen LogP contribution in [0.3, 0.4) is 0 Å². The number of aromatic nitrogens is 3. The molecule has 35 heavy (non-hydrogen) atoms. The fraction of sp³-hybridized carbons (Fsp3) is 0.455. The highest BCUT2D eigenvalue weighted by Gasteiger charge is 2.21. The van der Waals surface area contributed by atoms with Crippen molar-refractivity contribution in [1.82, 2.24) is 19.4 Å². The van der Waals surface area contributed by atoms with E-state index in [1.165, 1.54) is 6.20 Å². The van der Waals surface area contributed by atoms with Crippen molar-refractivity contribution in [3.05, 3.63) is 23.9 Å². The molecular weight excluding hydrogens is 474 g/mol. The molecule has 186 valence electrons. The zero-order valence-electron chi connectivity index (χ0n) is 19.4. The van der Waals surface area contributed by atoms with Gasteiger partial charge in [-0.15, -0.1) is 4.99 Å². The van der Waals surface area contributed by atoms with Gasteiger partial charge in [0.25, 0.3) is 0 Å². The molecule has 12 nitrogen and oxygen atoms in total. The second-order valence-electron chi connectivity index (χ2n) is 7.99. The van der Waals surface area contributed by atoms with Crippen LogP contribution in [-0.4, -0.2) is 78.6 Å². The summed E-state index contributed by atoms with van der Waals surface area (Å²) in [6.07, 6.45) is 1.45. The van der Waals surface area contributed by atoms with Gasteiger partial charge < -0.3 is 30.0 Å². The van der Waals surface area contributed by atoms with Gasteiger partial charge in [-0.25, -0.2) is 14.8 Å². The van der Waals surface area contributed by atoms with Gasteiger partial charge >= 0.3 is 6.09 Å². The Bertz CT molecular complexity index is 1290. The summed E-state index contributed by atoms with van der Waals surface area (Å²) in [5.41, 5.74) is 6.36. The molecule has 2 aliphatic rings. The monoisotopic (exact) mass is 501 g/mol. The minimum atomic E-state index is -0.809. The average molecular weight is 502 g/mol. The Morgan fingerprint density at radius 3 is 2.94 bits per heavy atom. The molecule has 1 saturated heterocycles. The van der Waals surface area contributed by atoms with Gasteiger partial charge in [-0.2, -0.15) is 0 Å². The Morgan fingerprint density at radius 1 is 1.31 bits per heavy atom. The number of benzene rings is 1. The summed E-state index contributed by atoms with van der Waals surface area (Å²) < 4.78 is 24.2. The third-order valence-corrected chi connectivity index (χ3v) is 6.47. The molecule has 3 N–H and O–H groups in total. The normalized spacial score (nSPS) is 16.2. The first-order valence-electron chi connectivity index (χ1n) is 11.4. The van der Waals surface area contributed by atoms with Crippen LogP contribution in [-0.2, 0) is 11.3 Å². The van der Waals surface area contributed by atoms with Crippen molar-refractivity contribution >= 4 is 39.3 Å². The highest BCUT2D eigenvalue weighted by atomic mass is 32.1. The first-order chi connectivity index (χ1) is 17.1. The molecule has 0 unspecified atom stereocenters. The number of nitrogens with two attached hydrogens (primary N) is 1. The van der Waals surface area contributed by atoms with E-state index in [2.05, 4.69) is 25.2 Å². The van der Waals surface area contributed by atoms with Crippen LogP contribution in [0.1, 0.15) is 6.42 Å². The number of ether oxygens (including phenoxy) is 4. The van der Waals surface area contributed by atoms with Gasteiger partial charge in [0.2, 0.25) is 10.7 Å². The van der Waals surface area contributed by atoms with Crippen molar-refractivity contribution < 1.29 is 23.7 Å². The number of hydrogen-bond donors (Lipinski definition) is 2. The van der Waals surface area contributed by atoms with Crippen LogP contribution in [0.15, 0.2) is 23.3 Å². The lowest BCUT2D eigenvalue weighted by molar-refractivity contribution is 0.0357. The molecule has 13 heteroatoms. The molecule has 4 heterocycles. The topological polar surface area (TPSA) is 138 Å². The number of morpholine rings is 1. The van der Waals surface area contributed by atoms with E-state index in [1.807, 2.05) is 16.7 Å². The van der Waals surface area contributed by atoms with Crippen molar-refractivity contribution in [2.75, 3.05) is 64.2 Å². The van der Waals surface area contributed by atoms with Crippen LogP contribution in [0.2, 0.25) is 0 Å². The van der Waals surface area contributed by atoms with Crippen LogP contribution in [0.4, 0.5) is 15.7 Å². The summed E-state index contributed by atoms with van der Waals surface area (Å²) in [4.78, 5) is 27.5. The lowest BCUT2D eigenvalue weighted by atomic mass is 10.2. The summed E-state index contributed by atoms with van der Waals surface area (Å²) in [5, 5.41) is 4.76. The predicted molar refractivity (Wildman–Crippen MR) is 130 cm³/mol. The average Bonchev–Trinajstić information content (AvgIpc) is 3.51. The van der Waals surface area contributed by atoms with E-state index in [4.69, 9.17) is 24.7 Å². The fourth-order valence-corrected chi connectivity index (χ4v) is 4.68. The maximum Gasteiger partial charge on any atom is 0.443 e. The molecule has 0 bridgehead atoms. The van der Waals surface area contributed by atoms with Crippen LogP contribution in [0.5, 0.6) is 16.6 Å². The molecule has 1 amide bonds. The summed E-state index contributed by atoms with van der Waals surface area (Å²) in [6.45, 7) is 6.24. The minimum absolute atomic E-state index is 0.211. The number of nitrogens with one attached hydrogen (secondary N) is 1. The maximum atomic E-state index is 12.5.